The zero-order valence-electron chi connectivity index (χ0n) is 19.5. The molecule has 2 atom stereocenters. The Morgan fingerprint density at radius 3 is 1.79 bits per heavy atom. The zero-order chi connectivity index (χ0) is 21.6. The molecular formula is C25H42O3. The van der Waals surface area contributed by atoms with Crippen LogP contribution < -0.4 is 0 Å². The van der Waals surface area contributed by atoms with Crippen molar-refractivity contribution in [1.29, 1.82) is 0 Å². The Morgan fingerprint density at radius 2 is 1.39 bits per heavy atom. The van der Waals surface area contributed by atoms with E-state index >= 15 is 0 Å². The highest BCUT2D eigenvalue weighted by Gasteiger charge is 2.23. The van der Waals surface area contributed by atoms with E-state index in [-0.39, 0.29) is 35.7 Å². The van der Waals surface area contributed by atoms with E-state index in [4.69, 9.17) is 4.74 Å². The molecule has 0 aromatic heterocycles. The lowest BCUT2D eigenvalue weighted by molar-refractivity contribution is 0.0442. The van der Waals surface area contributed by atoms with E-state index in [1.54, 1.807) is 0 Å². The average molecular weight is 391 g/mol. The van der Waals surface area contributed by atoms with Crippen molar-refractivity contribution in [3.8, 4) is 0 Å². The van der Waals surface area contributed by atoms with Crippen LogP contribution in [0.25, 0.3) is 0 Å². The van der Waals surface area contributed by atoms with Crippen molar-refractivity contribution >= 4 is 5.97 Å². The summed E-state index contributed by atoms with van der Waals surface area (Å²) in [5.41, 5.74) is 4.21. The topological polar surface area (TPSA) is 46.5 Å². The van der Waals surface area contributed by atoms with Gasteiger partial charge in [-0.1, -0.05) is 74.4 Å². The van der Waals surface area contributed by atoms with Gasteiger partial charge in [0, 0.05) is 0 Å². The molecule has 1 aromatic carbocycles. The van der Waals surface area contributed by atoms with E-state index in [1.165, 1.54) is 5.56 Å². The molecule has 3 nitrogen and oxygen atoms in total. The Morgan fingerprint density at radius 1 is 0.893 bits per heavy atom. The zero-order valence-corrected chi connectivity index (χ0v) is 19.5. The van der Waals surface area contributed by atoms with Crippen molar-refractivity contribution in [2.24, 2.45) is 11.8 Å². The normalized spacial score (nSPS) is 14.2. The lowest BCUT2D eigenvalue weighted by Crippen LogP contribution is -2.24. The summed E-state index contributed by atoms with van der Waals surface area (Å²) in [6.45, 7) is 19.4. The Labute approximate surface area is 172 Å². The van der Waals surface area contributed by atoms with Crippen LogP contribution in [0.15, 0.2) is 12.1 Å². The molecule has 1 rings (SSSR count). The molecule has 0 radical (unpaired) electrons. The van der Waals surface area contributed by atoms with Crippen LogP contribution in [0.4, 0.5) is 0 Å². The first kappa shape index (κ1) is 24.7. The van der Waals surface area contributed by atoms with Crippen molar-refractivity contribution < 1.29 is 14.6 Å². The number of carbonyl (C=O) groups excluding carboxylic acids is 1. The van der Waals surface area contributed by atoms with Crippen molar-refractivity contribution in [3.63, 3.8) is 0 Å². The van der Waals surface area contributed by atoms with Crippen LogP contribution in [0.5, 0.6) is 0 Å². The molecule has 0 saturated carbocycles. The second-order valence-corrected chi connectivity index (χ2v) is 9.53. The van der Waals surface area contributed by atoms with Crippen molar-refractivity contribution in [2.75, 3.05) is 6.61 Å². The standard InChI is InChI=1S/C25H42O3/c1-15(2)20-13-21(16(3)4)23(22(14-20)17(5)6)25(27)28-12-10-11-19(9)24(26)18(7)8/h13-19,24,26H,10-12H2,1-9H3/t19-,24-/m0/s1. The molecule has 3 heteroatoms. The number of aliphatic hydroxyl groups excluding tert-OH is 1. The van der Waals surface area contributed by atoms with Crippen molar-refractivity contribution in [3.05, 3.63) is 34.4 Å². The maximum atomic E-state index is 13.0. The number of ether oxygens (including phenoxy) is 1. The van der Waals surface area contributed by atoms with Gasteiger partial charge in [-0.15, -0.1) is 0 Å². The van der Waals surface area contributed by atoms with Gasteiger partial charge in [-0.05, 0) is 59.1 Å². The van der Waals surface area contributed by atoms with Gasteiger partial charge < -0.3 is 9.84 Å². The molecular weight excluding hydrogens is 348 g/mol. The lowest BCUT2D eigenvalue weighted by Gasteiger charge is -2.23. The highest BCUT2D eigenvalue weighted by molar-refractivity contribution is 5.93. The summed E-state index contributed by atoms with van der Waals surface area (Å²) in [5.74, 6) is 1.20. The van der Waals surface area contributed by atoms with Crippen LogP contribution in [0.3, 0.4) is 0 Å². The summed E-state index contributed by atoms with van der Waals surface area (Å²) in [4.78, 5) is 13.0. The number of benzene rings is 1. The predicted octanol–water partition coefficient (Wildman–Crippen LogP) is 6.65. The molecule has 0 aliphatic heterocycles. The van der Waals surface area contributed by atoms with Gasteiger partial charge in [0.25, 0.3) is 0 Å². The number of rotatable bonds is 10. The average Bonchev–Trinajstić information content (AvgIpc) is 2.62. The molecule has 28 heavy (non-hydrogen) atoms. The number of aliphatic hydroxyl groups is 1. The highest BCUT2D eigenvalue weighted by Crippen LogP contribution is 2.32. The predicted molar refractivity (Wildman–Crippen MR) is 118 cm³/mol. The molecule has 160 valence electrons. The van der Waals surface area contributed by atoms with Gasteiger partial charge in [-0.2, -0.15) is 0 Å². The Kier molecular flexibility index (Phi) is 9.69. The van der Waals surface area contributed by atoms with Gasteiger partial charge >= 0.3 is 5.97 Å². The number of hydrogen-bond acceptors (Lipinski definition) is 3. The fourth-order valence-corrected chi connectivity index (χ4v) is 3.66. The largest absolute Gasteiger partial charge is 0.462 e. The number of hydrogen-bond donors (Lipinski definition) is 1. The smallest absolute Gasteiger partial charge is 0.338 e. The maximum Gasteiger partial charge on any atom is 0.338 e. The van der Waals surface area contributed by atoms with Crippen LogP contribution in [-0.2, 0) is 4.74 Å². The summed E-state index contributed by atoms with van der Waals surface area (Å²) in [5, 5.41) is 10.1. The first-order valence-corrected chi connectivity index (χ1v) is 11.0. The Bertz CT molecular complexity index is 600. The lowest BCUT2D eigenvalue weighted by atomic mass is 9.84. The van der Waals surface area contributed by atoms with Crippen LogP contribution in [-0.4, -0.2) is 23.8 Å². The van der Waals surface area contributed by atoms with Crippen LogP contribution in [0.2, 0.25) is 0 Å². The van der Waals surface area contributed by atoms with Gasteiger partial charge in [-0.3, -0.25) is 0 Å². The molecule has 1 N–H and O–H groups in total. The van der Waals surface area contributed by atoms with E-state index in [0.717, 1.165) is 29.5 Å². The second kappa shape index (κ2) is 11.0. The van der Waals surface area contributed by atoms with Gasteiger partial charge in [0.2, 0.25) is 0 Å². The fraction of sp³-hybridized carbons (Fsp3) is 0.720. The van der Waals surface area contributed by atoms with E-state index < -0.39 is 0 Å². The summed E-state index contributed by atoms with van der Waals surface area (Å²) < 4.78 is 5.68. The minimum Gasteiger partial charge on any atom is -0.462 e. The quantitative estimate of drug-likeness (QED) is 0.359. The van der Waals surface area contributed by atoms with E-state index in [1.807, 2.05) is 13.8 Å². The van der Waals surface area contributed by atoms with E-state index in [9.17, 15) is 9.90 Å². The number of carbonyl (C=O) groups is 1. The van der Waals surface area contributed by atoms with E-state index in [2.05, 4.69) is 60.6 Å². The molecule has 1 aromatic rings. The minimum atomic E-state index is -0.306. The summed E-state index contributed by atoms with van der Waals surface area (Å²) >= 11 is 0. The third-order valence-corrected chi connectivity index (χ3v) is 5.64. The Hall–Kier alpha value is -1.35. The number of esters is 1. The summed E-state index contributed by atoms with van der Waals surface area (Å²) in [7, 11) is 0. The molecule has 0 saturated heterocycles. The van der Waals surface area contributed by atoms with Gasteiger partial charge in [0.05, 0.1) is 18.3 Å². The first-order chi connectivity index (χ1) is 13.0. The Balaban J connectivity index is 2.94. The SMILES string of the molecule is CC(C)c1cc(C(C)C)c(C(=O)OCCC[C@H](C)[C@@H](O)C(C)C)c(C(C)C)c1. The van der Waals surface area contributed by atoms with Crippen molar-refractivity contribution in [2.45, 2.75) is 99.0 Å². The second-order valence-electron chi connectivity index (χ2n) is 9.53. The first-order valence-electron chi connectivity index (χ1n) is 11.0. The molecule has 0 spiro atoms. The van der Waals surface area contributed by atoms with Crippen molar-refractivity contribution in [1.82, 2.24) is 0 Å². The molecule has 0 fully saturated rings. The third kappa shape index (κ3) is 6.62. The van der Waals surface area contributed by atoms with Gasteiger partial charge in [0.15, 0.2) is 0 Å². The highest BCUT2D eigenvalue weighted by atomic mass is 16.5. The molecule has 0 aliphatic carbocycles. The minimum absolute atomic E-state index is 0.209. The van der Waals surface area contributed by atoms with Gasteiger partial charge in [0.1, 0.15) is 0 Å². The van der Waals surface area contributed by atoms with E-state index in [0.29, 0.717) is 12.5 Å². The summed E-state index contributed by atoms with van der Waals surface area (Å²) in [6.07, 6.45) is 1.32. The molecule has 0 amide bonds. The van der Waals surface area contributed by atoms with Crippen LogP contribution in [0.1, 0.15) is 120 Å². The molecule has 0 unspecified atom stereocenters. The van der Waals surface area contributed by atoms with Crippen LogP contribution in [0, 0.1) is 11.8 Å². The summed E-state index contributed by atoms with van der Waals surface area (Å²) in [6, 6.07) is 4.36. The molecule has 0 bridgehead atoms. The molecule has 0 aliphatic rings. The maximum absolute atomic E-state index is 13.0. The van der Waals surface area contributed by atoms with Crippen LogP contribution >= 0.6 is 0 Å². The van der Waals surface area contributed by atoms with Gasteiger partial charge in [-0.25, -0.2) is 4.79 Å². The fourth-order valence-electron chi connectivity index (χ4n) is 3.66. The molecule has 0 heterocycles. The third-order valence-electron chi connectivity index (χ3n) is 5.64. The monoisotopic (exact) mass is 390 g/mol.